The molecule has 116 valence electrons. The largest absolute Gasteiger partial charge is 0.348 e. The number of carbonyl (C=O) groups excluding carboxylic acids is 1. The molecule has 4 nitrogen and oxygen atoms in total. The molecule has 0 spiro atoms. The van der Waals surface area contributed by atoms with Crippen molar-refractivity contribution >= 4 is 18.1 Å². The summed E-state index contributed by atoms with van der Waals surface area (Å²) in [6.45, 7) is 2.11. The molecule has 3 rings (SSSR count). The summed E-state index contributed by atoms with van der Waals surface area (Å²) in [5, 5.41) is 10.3. The van der Waals surface area contributed by atoms with Crippen LogP contribution in [0.3, 0.4) is 0 Å². The second kappa shape index (κ2) is 6.77. The lowest BCUT2D eigenvalue weighted by atomic mass is 9.84. The number of carbonyl (C=O) groups is 1. The molecule has 4 heteroatoms. The van der Waals surface area contributed by atoms with E-state index < -0.39 is 0 Å². The molecule has 2 aliphatic rings. The van der Waals surface area contributed by atoms with Gasteiger partial charge < -0.3 is 5.32 Å². The molecule has 1 saturated carbocycles. The minimum absolute atomic E-state index is 0.0850. The number of hydrogen-bond acceptors (Lipinski definition) is 2. The zero-order valence-electron chi connectivity index (χ0n) is 13.0. The van der Waals surface area contributed by atoms with Gasteiger partial charge in [0.25, 0.3) is 5.91 Å². The van der Waals surface area contributed by atoms with Crippen LogP contribution in [0.4, 0.5) is 0 Å². The summed E-state index contributed by atoms with van der Waals surface area (Å²) in [7, 11) is 0. The Kier molecular flexibility index (Phi) is 4.56. The molecule has 0 radical (unpaired) electrons. The topological polar surface area (TPSA) is 57.8 Å². The van der Waals surface area contributed by atoms with Crippen molar-refractivity contribution < 1.29 is 4.79 Å². The van der Waals surface area contributed by atoms with Gasteiger partial charge in [0.15, 0.2) is 5.69 Å². The quantitative estimate of drug-likeness (QED) is 0.893. The monoisotopic (exact) mass is 297 g/mol. The average molecular weight is 297 g/mol. The number of rotatable bonds is 3. The van der Waals surface area contributed by atoms with E-state index in [0.717, 1.165) is 11.3 Å². The highest BCUT2D eigenvalue weighted by molar-refractivity contribution is 5.97. The summed E-state index contributed by atoms with van der Waals surface area (Å²) in [6.07, 6.45) is 17.9. The molecule has 0 aromatic carbocycles. The highest BCUT2D eigenvalue weighted by atomic mass is 16.2. The molecule has 0 bridgehead atoms. The van der Waals surface area contributed by atoms with Crippen molar-refractivity contribution in [3.63, 3.8) is 0 Å². The van der Waals surface area contributed by atoms with Crippen LogP contribution in [0.5, 0.6) is 0 Å². The Balaban J connectivity index is 1.73. The molecule has 2 aliphatic carbocycles. The first kappa shape index (κ1) is 14.8. The van der Waals surface area contributed by atoms with E-state index in [1.807, 2.05) is 36.5 Å². The van der Waals surface area contributed by atoms with Crippen molar-refractivity contribution in [2.75, 3.05) is 0 Å². The first-order valence-electron chi connectivity index (χ1n) is 8.16. The lowest BCUT2D eigenvalue weighted by Crippen LogP contribution is -2.39. The summed E-state index contributed by atoms with van der Waals surface area (Å²) >= 11 is 0. The normalized spacial score (nSPS) is 19.3. The number of allylic oxidation sites excluding steroid dienone is 4. The van der Waals surface area contributed by atoms with Crippen molar-refractivity contribution in [2.45, 2.75) is 45.1 Å². The van der Waals surface area contributed by atoms with Crippen molar-refractivity contribution in [3.05, 3.63) is 41.3 Å². The Bertz CT molecular complexity index is 618. The number of fused-ring (bicyclic) bond motifs is 1. The molecule has 2 N–H and O–H groups in total. The number of amides is 1. The fourth-order valence-electron chi connectivity index (χ4n) is 3.29. The summed E-state index contributed by atoms with van der Waals surface area (Å²) in [5.41, 5.74) is 2.21. The first-order chi connectivity index (χ1) is 10.8. The predicted molar refractivity (Wildman–Crippen MR) is 89.3 cm³/mol. The third-order valence-corrected chi connectivity index (χ3v) is 4.62. The van der Waals surface area contributed by atoms with Gasteiger partial charge in [0.05, 0.1) is 5.69 Å². The van der Waals surface area contributed by atoms with Gasteiger partial charge in [0, 0.05) is 11.6 Å². The van der Waals surface area contributed by atoms with Crippen LogP contribution in [0.25, 0.3) is 12.2 Å². The van der Waals surface area contributed by atoms with Crippen molar-refractivity contribution in [1.29, 1.82) is 0 Å². The van der Waals surface area contributed by atoms with Crippen LogP contribution in [0.15, 0.2) is 24.3 Å². The van der Waals surface area contributed by atoms with Crippen molar-refractivity contribution in [1.82, 2.24) is 15.5 Å². The molecule has 1 atom stereocenters. The van der Waals surface area contributed by atoms with Crippen LogP contribution in [0, 0.1) is 5.92 Å². The molecule has 1 heterocycles. The molecule has 1 fully saturated rings. The van der Waals surface area contributed by atoms with E-state index in [9.17, 15) is 4.79 Å². The molecule has 1 aromatic rings. The zero-order chi connectivity index (χ0) is 15.4. The van der Waals surface area contributed by atoms with E-state index >= 15 is 0 Å². The van der Waals surface area contributed by atoms with Gasteiger partial charge in [-0.2, -0.15) is 5.10 Å². The van der Waals surface area contributed by atoms with Gasteiger partial charge in [-0.05, 0) is 31.8 Å². The number of H-pyrrole nitrogens is 1. The van der Waals surface area contributed by atoms with Crippen LogP contribution in [0.1, 0.15) is 60.8 Å². The molecular weight excluding hydrogens is 274 g/mol. The molecule has 0 aliphatic heterocycles. The lowest BCUT2D eigenvalue weighted by Gasteiger charge is -2.28. The van der Waals surface area contributed by atoms with Crippen LogP contribution < -0.4 is 5.32 Å². The lowest BCUT2D eigenvalue weighted by molar-refractivity contribution is 0.0914. The summed E-state index contributed by atoms with van der Waals surface area (Å²) in [6, 6.07) is 0.202. The fourth-order valence-corrected chi connectivity index (χ4v) is 3.29. The van der Waals surface area contributed by atoms with E-state index in [-0.39, 0.29) is 11.9 Å². The summed E-state index contributed by atoms with van der Waals surface area (Å²) < 4.78 is 0. The number of hydrogen-bond donors (Lipinski definition) is 2. The second-order valence-corrected chi connectivity index (χ2v) is 6.16. The maximum atomic E-state index is 12.6. The number of nitrogens with one attached hydrogen (secondary N) is 2. The van der Waals surface area contributed by atoms with Gasteiger partial charge in [0.2, 0.25) is 0 Å². The Morgan fingerprint density at radius 3 is 2.68 bits per heavy atom. The van der Waals surface area contributed by atoms with E-state index in [0.29, 0.717) is 11.6 Å². The molecule has 22 heavy (non-hydrogen) atoms. The molecule has 0 unspecified atom stereocenters. The molecule has 1 aromatic heterocycles. The Morgan fingerprint density at radius 1 is 1.18 bits per heavy atom. The molecule has 1 amide bonds. The van der Waals surface area contributed by atoms with Gasteiger partial charge in [-0.1, -0.05) is 49.6 Å². The SMILES string of the molecule is C[C@@H](NC(=O)c1n[nH]c2c1C=CC=CC=C2)C1CCCCC1. The Morgan fingerprint density at radius 2 is 1.91 bits per heavy atom. The van der Waals surface area contributed by atoms with Crippen LogP contribution in [0.2, 0.25) is 0 Å². The van der Waals surface area contributed by atoms with Crippen LogP contribution in [-0.2, 0) is 0 Å². The minimum atomic E-state index is -0.0850. The Hall–Kier alpha value is -2.10. The van der Waals surface area contributed by atoms with E-state index in [4.69, 9.17) is 0 Å². The third-order valence-electron chi connectivity index (χ3n) is 4.62. The first-order valence-corrected chi connectivity index (χ1v) is 8.16. The van der Waals surface area contributed by atoms with Crippen LogP contribution >= 0.6 is 0 Å². The maximum Gasteiger partial charge on any atom is 0.272 e. The minimum Gasteiger partial charge on any atom is -0.348 e. The van der Waals surface area contributed by atoms with Gasteiger partial charge in [-0.3, -0.25) is 9.89 Å². The van der Waals surface area contributed by atoms with E-state index in [2.05, 4.69) is 22.4 Å². The third kappa shape index (κ3) is 3.21. The number of nitrogens with zero attached hydrogens (tertiary/aromatic N) is 1. The highest BCUT2D eigenvalue weighted by Gasteiger charge is 2.24. The van der Waals surface area contributed by atoms with Crippen LogP contribution in [-0.4, -0.2) is 22.1 Å². The maximum absolute atomic E-state index is 12.6. The smallest absolute Gasteiger partial charge is 0.272 e. The predicted octanol–water partition coefficient (Wildman–Crippen LogP) is 3.70. The van der Waals surface area contributed by atoms with Gasteiger partial charge >= 0.3 is 0 Å². The van der Waals surface area contributed by atoms with Crippen molar-refractivity contribution in [3.8, 4) is 0 Å². The second-order valence-electron chi connectivity index (χ2n) is 6.16. The number of aromatic amines is 1. The highest BCUT2D eigenvalue weighted by Crippen LogP contribution is 2.26. The van der Waals surface area contributed by atoms with E-state index in [1.54, 1.807) is 0 Å². The summed E-state index contributed by atoms with van der Waals surface area (Å²) in [4.78, 5) is 12.6. The molecular formula is C18H23N3O. The van der Waals surface area contributed by atoms with Gasteiger partial charge in [-0.15, -0.1) is 0 Å². The van der Waals surface area contributed by atoms with E-state index in [1.165, 1.54) is 32.1 Å². The number of aromatic nitrogens is 2. The molecule has 0 saturated heterocycles. The zero-order valence-corrected chi connectivity index (χ0v) is 13.0. The van der Waals surface area contributed by atoms with Gasteiger partial charge in [0.1, 0.15) is 0 Å². The fraction of sp³-hybridized carbons (Fsp3) is 0.444. The van der Waals surface area contributed by atoms with Crippen molar-refractivity contribution in [2.24, 2.45) is 5.92 Å². The summed E-state index contributed by atoms with van der Waals surface area (Å²) in [5.74, 6) is 0.509. The Labute approximate surface area is 131 Å². The standard InChI is InChI=1S/C18H23N3O/c1-13(14-9-5-4-6-10-14)19-18(22)17-15-11-7-2-3-8-12-16(15)20-21-17/h2-3,7-8,11-14H,4-6,9-10H2,1H3,(H,19,22)(H,20,21)/t13-/m1/s1. The average Bonchev–Trinajstić information content (AvgIpc) is 2.90. The van der Waals surface area contributed by atoms with Gasteiger partial charge in [-0.25, -0.2) is 0 Å².